The summed E-state index contributed by atoms with van der Waals surface area (Å²) in [4.78, 5) is 34.0. The lowest BCUT2D eigenvalue weighted by molar-refractivity contribution is 0.0313. The molecule has 2 amide bonds. The molecule has 194 valence electrons. The van der Waals surface area contributed by atoms with E-state index in [0.717, 1.165) is 0 Å². The zero-order chi connectivity index (χ0) is 26.7. The average molecular weight is 510 g/mol. The third kappa shape index (κ3) is 5.77. The van der Waals surface area contributed by atoms with E-state index in [9.17, 15) is 23.5 Å². The first-order valence-corrected chi connectivity index (χ1v) is 12.0. The molecule has 0 aliphatic carbocycles. The van der Waals surface area contributed by atoms with Crippen molar-refractivity contribution in [2.45, 2.75) is 26.0 Å². The van der Waals surface area contributed by atoms with E-state index in [1.54, 1.807) is 43.3 Å². The fourth-order valence-corrected chi connectivity index (χ4v) is 4.29. The quantitative estimate of drug-likeness (QED) is 0.543. The summed E-state index contributed by atoms with van der Waals surface area (Å²) in [7, 11) is 1.63. The first-order chi connectivity index (χ1) is 17.7. The normalized spacial score (nSPS) is 18.3. The number of nitrogens with zero attached hydrogens (tertiary/aromatic N) is 3. The van der Waals surface area contributed by atoms with Crippen molar-refractivity contribution in [3.05, 3.63) is 83.6 Å². The molecule has 2 aromatic carbocycles. The standard InChI is InChI=1S/C28H29F2N3O4/c1-17-14-33(18(2)16-34)28(36)24-12-21(19-4-8-22(29)9-5-19)13-31-26(24)37-25(17)15-32(3)27(35)20-6-10-23(30)11-7-20/h4-13,17-18,25,34H,14-16H2,1-3H3/t17-,18-,25+/m1/s1. The van der Waals surface area contributed by atoms with Crippen molar-refractivity contribution in [3.63, 3.8) is 0 Å². The number of pyridine rings is 1. The summed E-state index contributed by atoms with van der Waals surface area (Å²) in [6, 6.07) is 12.4. The van der Waals surface area contributed by atoms with Gasteiger partial charge in [0.1, 0.15) is 23.3 Å². The van der Waals surface area contributed by atoms with Gasteiger partial charge in [-0.2, -0.15) is 0 Å². The van der Waals surface area contributed by atoms with Gasteiger partial charge >= 0.3 is 0 Å². The lowest BCUT2D eigenvalue weighted by atomic mass is 9.99. The zero-order valence-electron chi connectivity index (χ0n) is 20.9. The number of fused-ring (bicyclic) bond motifs is 1. The predicted molar refractivity (Wildman–Crippen MR) is 134 cm³/mol. The Balaban J connectivity index is 1.67. The minimum Gasteiger partial charge on any atom is -0.472 e. The Morgan fingerprint density at radius 2 is 1.76 bits per heavy atom. The SMILES string of the molecule is C[C@@H]1CN([C@H](C)CO)C(=O)c2cc(-c3ccc(F)cc3)cnc2O[C@H]1CN(C)C(=O)c1ccc(F)cc1. The molecule has 3 aromatic rings. The summed E-state index contributed by atoms with van der Waals surface area (Å²) in [5.74, 6) is -1.54. The maximum absolute atomic E-state index is 13.6. The van der Waals surface area contributed by atoms with Gasteiger partial charge < -0.3 is 19.6 Å². The molecule has 0 radical (unpaired) electrons. The Morgan fingerprint density at radius 3 is 2.38 bits per heavy atom. The van der Waals surface area contributed by atoms with Crippen LogP contribution >= 0.6 is 0 Å². The summed E-state index contributed by atoms with van der Waals surface area (Å²) in [6.07, 6.45) is 1.02. The summed E-state index contributed by atoms with van der Waals surface area (Å²) in [6.45, 7) is 3.90. The first kappa shape index (κ1) is 26.2. The molecule has 9 heteroatoms. The molecule has 0 unspecified atom stereocenters. The van der Waals surface area contributed by atoms with Gasteiger partial charge in [-0.1, -0.05) is 19.1 Å². The number of rotatable bonds is 6. The van der Waals surface area contributed by atoms with Crippen molar-refractivity contribution < 1.29 is 28.2 Å². The van der Waals surface area contributed by atoms with E-state index in [4.69, 9.17) is 4.74 Å². The molecule has 0 fully saturated rings. The number of benzene rings is 2. The van der Waals surface area contributed by atoms with E-state index in [1.807, 2.05) is 6.92 Å². The van der Waals surface area contributed by atoms with Crippen LogP contribution < -0.4 is 4.74 Å². The second-order valence-electron chi connectivity index (χ2n) is 9.40. The fourth-order valence-electron chi connectivity index (χ4n) is 4.29. The Labute approximate surface area is 214 Å². The van der Waals surface area contributed by atoms with Crippen LogP contribution in [0, 0.1) is 17.6 Å². The fraction of sp³-hybridized carbons (Fsp3) is 0.321. The van der Waals surface area contributed by atoms with E-state index in [-0.39, 0.29) is 54.7 Å². The highest BCUT2D eigenvalue weighted by Gasteiger charge is 2.35. The molecule has 1 aliphatic rings. The van der Waals surface area contributed by atoms with Crippen molar-refractivity contribution in [1.82, 2.24) is 14.8 Å². The summed E-state index contributed by atoms with van der Waals surface area (Å²) < 4.78 is 32.9. The highest BCUT2D eigenvalue weighted by Crippen LogP contribution is 2.30. The molecule has 3 atom stereocenters. The second-order valence-corrected chi connectivity index (χ2v) is 9.40. The number of hydrogen-bond acceptors (Lipinski definition) is 5. The van der Waals surface area contributed by atoms with E-state index in [0.29, 0.717) is 16.7 Å². The van der Waals surface area contributed by atoms with E-state index < -0.39 is 18.0 Å². The summed E-state index contributed by atoms with van der Waals surface area (Å²) in [5, 5.41) is 9.83. The van der Waals surface area contributed by atoms with Gasteiger partial charge in [-0.15, -0.1) is 0 Å². The van der Waals surface area contributed by atoms with Crippen LogP contribution in [0.25, 0.3) is 11.1 Å². The first-order valence-electron chi connectivity index (χ1n) is 12.0. The molecule has 7 nitrogen and oxygen atoms in total. The van der Waals surface area contributed by atoms with Crippen LogP contribution in [0.1, 0.15) is 34.6 Å². The number of carbonyl (C=O) groups excluding carboxylic acids is 2. The third-order valence-corrected chi connectivity index (χ3v) is 6.59. The number of hydrogen-bond donors (Lipinski definition) is 1. The summed E-state index contributed by atoms with van der Waals surface area (Å²) >= 11 is 0. The molecule has 1 aliphatic heterocycles. The number of aliphatic hydroxyl groups excluding tert-OH is 1. The van der Waals surface area contributed by atoms with Crippen LogP contribution in [-0.4, -0.2) is 70.6 Å². The molecular weight excluding hydrogens is 480 g/mol. The lowest BCUT2D eigenvalue weighted by Crippen LogP contribution is -2.50. The zero-order valence-corrected chi connectivity index (χ0v) is 20.9. The van der Waals surface area contributed by atoms with Crippen LogP contribution in [0.15, 0.2) is 60.8 Å². The minimum absolute atomic E-state index is 0.116. The Hall–Kier alpha value is -3.85. The summed E-state index contributed by atoms with van der Waals surface area (Å²) in [5.41, 5.74) is 1.85. The topological polar surface area (TPSA) is 83.0 Å². The Bertz CT molecular complexity index is 1270. The van der Waals surface area contributed by atoms with Crippen LogP contribution in [0.5, 0.6) is 5.88 Å². The average Bonchev–Trinajstić information content (AvgIpc) is 2.90. The van der Waals surface area contributed by atoms with Crippen molar-refractivity contribution in [2.24, 2.45) is 5.92 Å². The second kappa shape index (κ2) is 11.0. The molecule has 1 N–H and O–H groups in total. The molecule has 1 aromatic heterocycles. The highest BCUT2D eigenvalue weighted by molar-refractivity contribution is 5.98. The number of amides is 2. The van der Waals surface area contributed by atoms with Gasteiger partial charge in [0.25, 0.3) is 11.8 Å². The van der Waals surface area contributed by atoms with Crippen LogP contribution in [-0.2, 0) is 0 Å². The number of aliphatic hydroxyl groups is 1. The molecule has 2 heterocycles. The van der Waals surface area contributed by atoms with Crippen molar-refractivity contribution in [2.75, 3.05) is 26.7 Å². The maximum Gasteiger partial charge on any atom is 0.259 e. The van der Waals surface area contributed by atoms with Gasteiger partial charge in [-0.05, 0) is 55.0 Å². The van der Waals surface area contributed by atoms with E-state index in [2.05, 4.69) is 4.98 Å². The molecule has 0 bridgehead atoms. The molecule has 0 spiro atoms. The van der Waals surface area contributed by atoms with E-state index >= 15 is 0 Å². The molecule has 37 heavy (non-hydrogen) atoms. The van der Waals surface area contributed by atoms with Crippen molar-refractivity contribution >= 4 is 11.8 Å². The number of aromatic nitrogens is 1. The van der Waals surface area contributed by atoms with Gasteiger partial charge in [0, 0.05) is 36.8 Å². The van der Waals surface area contributed by atoms with Crippen LogP contribution in [0.3, 0.4) is 0 Å². The van der Waals surface area contributed by atoms with Crippen LogP contribution in [0.4, 0.5) is 8.78 Å². The smallest absolute Gasteiger partial charge is 0.259 e. The lowest BCUT2D eigenvalue weighted by Gasteiger charge is -2.37. The number of ether oxygens (including phenoxy) is 1. The third-order valence-electron chi connectivity index (χ3n) is 6.59. The number of likely N-dealkylation sites (N-methyl/N-ethyl adjacent to an activating group) is 1. The van der Waals surface area contributed by atoms with Crippen molar-refractivity contribution in [3.8, 4) is 17.0 Å². The van der Waals surface area contributed by atoms with Crippen LogP contribution in [0.2, 0.25) is 0 Å². The number of halogens is 2. The van der Waals surface area contributed by atoms with Gasteiger partial charge in [-0.25, -0.2) is 13.8 Å². The van der Waals surface area contributed by atoms with Gasteiger partial charge in [0.15, 0.2) is 0 Å². The molecule has 0 saturated carbocycles. The monoisotopic (exact) mass is 509 g/mol. The Morgan fingerprint density at radius 1 is 1.14 bits per heavy atom. The number of carbonyl (C=O) groups is 2. The maximum atomic E-state index is 13.6. The van der Waals surface area contributed by atoms with Gasteiger partial charge in [-0.3, -0.25) is 9.59 Å². The predicted octanol–water partition coefficient (Wildman–Crippen LogP) is 4.02. The van der Waals surface area contributed by atoms with E-state index in [1.165, 1.54) is 41.3 Å². The largest absolute Gasteiger partial charge is 0.472 e. The minimum atomic E-state index is -0.529. The Kier molecular flexibility index (Phi) is 7.83. The van der Waals surface area contributed by atoms with Gasteiger partial charge in [0.05, 0.1) is 19.2 Å². The van der Waals surface area contributed by atoms with Crippen molar-refractivity contribution in [1.29, 1.82) is 0 Å². The molecular formula is C28H29F2N3O4. The molecule has 0 saturated heterocycles. The van der Waals surface area contributed by atoms with Gasteiger partial charge in [0.2, 0.25) is 5.88 Å². The molecule has 4 rings (SSSR count). The highest BCUT2D eigenvalue weighted by atomic mass is 19.1.